The third-order valence-electron chi connectivity index (χ3n) is 3.61. The zero-order valence-corrected chi connectivity index (χ0v) is 14.8. The minimum Gasteiger partial charge on any atom is -0.496 e. The second-order valence-electron chi connectivity index (χ2n) is 5.50. The first-order chi connectivity index (χ1) is 11.2. The summed E-state index contributed by atoms with van der Waals surface area (Å²) in [5.74, 6) is -1.07. The normalized spacial score (nSPS) is 20.2. The van der Waals surface area contributed by atoms with Crippen LogP contribution in [-0.2, 0) is 19.4 Å². The maximum absolute atomic E-state index is 12.2. The average Bonchev–Trinajstić information content (AvgIpc) is 2.85. The molecule has 0 spiro atoms. The lowest BCUT2D eigenvalue weighted by atomic mass is 10.2. The Hall–Kier alpha value is -1.80. The summed E-state index contributed by atoms with van der Waals surface area (Å²) in [6.07, 6.45) is -0.721. The SMILES string of the molecule is COc1ccc(Cl)cc1C(=O)O[C@H](C)C(=O)N[C@H]1CCS(=O)(=O)C1. The number of esters is 1. The molecule has 1 amide bonds. The highest BCUT2D eigenvalue weighted by atomic mass is 35.5. The van der Waals surface area contributed by atoms with Crippen LogP contribution in [0.4, 0.5) is 0 Å². The fourth-order valence-electron chi connectivity index (χ4n) is 2.34. The van der Waals surface area contributed by atoms with Crippen molar-refractivity contribution >= 4 is 33.3 Å². The van der Waals surface area contributed by atoms with Crippen LogP contribution in [0.3, 0.4) is 0 Å². The van der Waals surface area contributed by atoms with Gasteiger partial charge in [-0.1, -0.05) is 11.6 Å². The van der Waals surface area contributed by atoms with E-state index in [2.05, 4.69) is 5.32 Å². The van der Waals surface area contributed by atoms with E-state index in [0.717, 1.165) is 0 Å². The lowest BCUT2D eigenvalue weighted by molar-refractivity contribution is -0.129. The van der Waals surface area contributed by atoms with Crippen molar-refractivity contribution in [1.82, 2.24) is 5.32 Å². The minimum absolute atomic E-state index is 0.0474. The summed E-state index contributed by atoms with van der Waals surface area (Å²) in [6, 6.07) is 4.02. The van der Waals surface area contributed by atoms with E-state index >= 15 is 0 Å². The molecule has 132 valence electrons. The van der Waals surface area contributed by atoms with Gasteiger partial charge in [0.25, 0.3) is 5.91 Å². The highest BCUT2D eigenvalue weighted by Gasteiger charge is 2.31. The van der Waals surface area contributed by atoms with E-state index in [0.29, 0.717) is 11.4 Å². The molecule has 1 aliphatic heterocycles. The number of halogens is 1. The van der Waals surface area contributed by atoms with Gasteiger partial charge >= 0.3 is 5.97 Å². The van der Waals surface area contributed by atoms with Crippen molar-refractivity contribution in [3.8, 4) is 5.75 Å². The molecule has 1 fully saturated rings. The van der Waals surface area contributed by atoms with E-state index in [1.165, 1.54) is 26.2 Å². The quantitative estimate of drug-likeness (QED) is 0.776. The van der Waals surface area contributed by atoms with E-state index in [9.17, 15) is 18.0 Å². The van der Waals surface area contributed by atoms with Crippen molar-refractivity contribution in [3.05, 3.63) is 28.8 Å². The van der Waals surface area contributed by atoms with Crippen molar-refractivity contribution < 1.29 is 27.5 Å². The number of hydrogen-bond acceptors (Lipinski definition) is 6. The Kier molecular flexibility index (Phi) is 5.71. The van der Waals surface area contributed by atoms with Gasteiger partial charge in [-0.2, -0.15) is 0 Å². The van der Waals surface area contributed by atoms with Crippen LogP contribution >= 0.6 is 11.6 Å². The number of nitrogens with one attached hydrogen (secondary N) is 1. The Morgan fingerprint density at radius 3 is 2.67 bits per heavy atom. The van der Waals surface area contributed by atoms with Crippen molar-refractivity contribution in [2.45, 2.75) is 25.5 Å². The molecule has 0 unspecified atom stereocenters. The maximum atomic E-state index is 12.2. The topological polar surface area (TPSA) is 98.8 Å². The second-order valence-corrected chi connectivity index (χ2v) is 8.17. The van der Waals surface area contributed by atoms with Gasteiger partial charge in [0.2, 0.25) is 0 Å². The largest absolute Gasteiger partial charge is 0.496 e. The number of amides is 1. The molecule has 9 heteroatoms. The Morgan fingerprint density at radius 1 is 1.38 bits per heavy atom. The van der Waals surface area contributed by atoms with Crippen molar-refractivity contribution in [2.75, 3.05) is 18.6 Å². The monoisotopic (exact) mass is 375 g/mol. The highest BCUT2D eigenvalue weighted by molar-refractivity contribution is 7.91. The van der Waals surface area contributed by atoms with Gasteiger partial charge in [0.15, 0.2) is 15.9 Å². The predicted octanol–water partition coefficient (Wildman–Crippen LogP) is 1.20. The molecule has 2 atom stereocenters. The third-order valence-corrected chi connectivity index (χ3v) is 5.62. The molecule has 1 aromatic rings. The number of carbonyl (C=O) groups excluding carboxylic acids is 2. The molecule has 0 radical (unpaired) electrons. The lowest BCUT2D eigenvalue weighted by Crippen LogP contribution is -2.42. The molecule has 7 nitrogen and oxygen atoms in total. The number of hydrogen-bond donors (Lipinski definition) is 1. The summed E-state index contributed by atoms with van der Waals surface area (Å²) in [7, 11) is -1.70. The summed E-state index contributed by atoms with van der Waals surface area (Å²) in [5.41, 5.74) is 0.105. The Labute approximate surface area is 145 Å². The first kappa shape index (κ1) is 18.5. The summed E-state index contributed by atoms with van der Waals surface area (Å²) >= 11 is 5.86. The molecule has 1 N–H and O–H groups in total. The van der Waals surface area contributed by atoms with Gasteiger partial charge in [0.05, 0.1) is 18.6 Å². The number of sulfone groups is 1. The fraction of sp³-hybridized carbons (Fsp3) is 0.467. The van der Waals surface area contributed by atoms with Crippen molar-refractivity contribution in [1.29, 1.82) is 0 Å². The number of benzene rings is 1. The minimum atomic E-state index is -3.10. The molecule has 2 rings (SSSR count). The number of rotatable bonds is 5. The molecule has 0 aliphatic carbocycles. The summed E-state index contributed by atoms with van der Waals surface area (Å²) in [6.45, 7) is 1.41. The summed E-state index contributed by atoms with van der Waals surface area (Å²) in [5, 5.41) is 2.91. The van der Waals surface area contributed by atoms with Gasteiger partial charge in [0.1, 0.15) is 11.3 Å². The number of methoxy groups -OCH3 is 1. The van der Waals surface area contributed by atoms with E-state index in [4.69, 9.17) is 21.1 Å². The van der Waals surface area contributed by atoms with Crippen LogP contribution < -0.4 is 10.1 Å². The standard InChI is InChI=1S/C15H18ClNO6S/c1-9(14(18)17-11-5-6-24(20,21)8-11)23-15(19)12-7-10(16)3-4-13(12)22-2/h3-4,7,9,11H,5-6,8H2,1-2H3,(H,17,18)/t9-,11+/m1/s1. The van der Waals surface area contributed by atoms with Crippen LogP contribution in [0.5, 0.6) is 5.75 Å². The zero-order chi connectivity index (χ0) is 17.9. The van der Waals surface area contributed by atoms with Gasteiger partial charge in [-0.3, -0.25) is 4.79 Å². The Balaban J connectivity index is 1.98. The Bertz CT molecular complexity index is 748. The zero-order valence-electron chi connectivity index (χ0n) is 13.2. The van der Waals surface area contributed by atoms with Crippen molar-refractivity contribution in [3.63, 3.8) is 0 Å². The molecule has 1 heterocycles. The third kappa shape index (κ3) is 4.61. The molecule has 1 aliphatic rings. The summed E-state index contributed by atoms with van der Waals surface area (Å²) < 4.78 is 33.0. The lowest BCUT2D eigenvalue weighted by Gasteiger charge is -2.17. The van der Waals surface area contributed by atoms with Gasteiger partial charge < -0.3 is 14.8 Å². The van der Waals surface area contributed by atoms with Gasteiger partial charge in [-0.15, -0.1) is 0 Å². The molecular formula is C15H18ClNO6S. The molecule has 0 saturated carbocycles. The second kappa shape index (κ2) is 7.40. The van der Waals surface area contributed by atoms with Crippen LogP contribution in [0.1, 0.15) is 23.7 Å². The van der Waals surface area contributed by atoms with Crippen LogP contribution in [0.2, 0.25) is 5.02 Å². The Morgan fingerprint density at radius 2 is 2.08 bits per heavy atom. The van der Waals surface area contributed by atoms with Gasteiger partial charge in [-0.05, 0) is 31.5 Å². The maximum Gasteiger partial charge on any atom is 0.342 e. The van der Waals surface area contributed by atoms with Crippen LogP contribution in [0, 0.1) is 0 Å². The number of carbonyl (C=O) groups is 2. The molecule has 1 aromatic carbocycles. The number of ether oxygens (including phenoxy) is 2. The molecule has 1 saturated heterocycles. The van der Waals surface area contributed by atoms with Crippen LogP contribution in [0.15, 0.2) is 18.2 Å². The fourth-order valence-corrected chi connectivity index (χ4v) is 4.19. The molecule has 0 aromatic heterocycles. The van der Waals surface area contributed by atoms with Crippen LogP contribution in [-0.4, -0.2) is 51.1 Å². The first-order valence-corrected chi connectivity index (χ1v) is 9.47. The smallest absolute Gasteiger partial charge is 0.342 e. The van der Waals surface area contributed by atoms with E-state index in [-0.39, 0.29) is 22.8 Å². The first-order valence-electron chi connectivity index (χ1n) is 7.27. The van der Waals surface area contributed by atoms with Gasteiger partial charge in [-0.25, -0.2) is 13.2 Å². The predicted molar refractivity (Wildman–Crippen MR) is 88.1 cm³/mol. The van der Waals surface area contributed by atoms with E-state index in [1.54, 1.807) is 6.07 Å². The van der Waals surface area contributed by atoms with E-state index < -0.39 is 33.9 Å². The molecule has 0 bridgehead atoms. The summed E-state index contributed by atoms with van der Waals surface area (Å²) in [4.78, 5) is 24.3. The molecule has 24 heavy (non-hydrogen) atoms. The average molecular weight is 376 g/mol. The van der Waals surface area contributed by atoms with Crippen LogP contribution in [0.25, 0.3) is 0 Å². The van der Waals surface area contributed by atoms with Crippen molar-refractivity contribution in [2.24, 2.45) is 0 Å². The van der Waals surface area contributed by atoms with E-state index in [1.807, 2.05) is 0 Å². The molecular weight excluding hydrogens is 358 g/mol. The highest BCUT2D eigenvalue weighted by Crippen LogP contribution is 2.23. The van der Waals surface area contributed by atoms with Gasteiger partial charge in [0, 0.05) is 11.1 Å².